The van der Waals surface area contributed by atoms with E-state index < -0.39 is 23.9 Å². The summed E-state index contributed by atoms with van der Waals surface area (Å²) in [5, 5.41) is 2.81. The monoisotopic (exact) mass is 503 g/mol. The van der Waals surface area contributed by atoms with E-state index in [0.717, 1.165) is 10.5 Å². The molecular formula is C28H29N3O6. The van der Waals surface area contributed by atoms with E-state index in [-0.39, 0.29) is 13.0 Å². The normalized spacial score (nSPS) is 15.1. The fraction of sp³-hybridized carbons (Fsp3) is 0.250. The lowest BCUT2D eigenvalue weighted by molar-refractivity contribution is -0.124. The molecule has 0 aliphatic carbocycles. The molecule has 3 aromatic carbocycles. The molecule has 0 radical (unpaired) electrons. The van der Waals surface area contributed by atoms with Crippen molar-refractivity contribution in [2.75, 3.05) is 31.0 Å². The fourth-order valence-corrected chi connectivity index (χ4v) is 4.16. The Morgan fingerprint density at radius 3 is 2.24 bits per heavy atom. The first-order valence-electron chi connectivity index (χ1n) is 11.9. The SMILES string of the molecule is CCOc1ccc(NC(=O)C[C@@H]2C(=O)N(c3cccc(OC)c3)C(=O)N2Cc2cccc(OC)c2)cc1. The highest BCUT2D eigenvalue weighted by molar-refractivity contribution is 6.22. The Labute approximate surface area is 215 Å². The number of nitrogens with one attached hydrogen (secondary N) is 1. The molecule has 0 spiro atoms. The van der Waals surface area contributed by atoms with Crippen LogP contribution in [0.2, 0.25) is 0 Å². The minimum atomic E-state index is -0.993. The van der Waals surface area contributed by atoms with Crippen molar-refractivity contribution < 1.29 is 28.6 Å². The average molecular weight is 504 g/mol. The lowest BCUT2D eigenvalue weighted by atomic mass is 10.1. The third-order valence-corrected chi connectivity index (χ3v) is 5.95. The van der Waals surface area contributed by atoms with Gasteiger partial charge in [0.05, 0.1) is 32.9 Å². The number of methoxy groups -OCH3 is 2. The zero-order valence-electron chi connectivity index (χ0n) is 21.0. The highest BCUT2D eigenvalue weighted by Gasteiger charge is 2.46. The van der Waals surface area contributed by atoms with Crippen LogP contribution in [0.1, 0.15) is 18.9 Å². The first-order chi connectivity index (χ1) is 17.9. The number of urea groups is 1. The second-order valence-electron chi connectivity index (χ2n) is 8.36. The molecule has 0 saturated carbocycles. The summed E-state index contributed by atoms with van der Waals surface area (Å²) >= 11 is 0. The summed E-state index contributed by atoms with van der Waals surface area (Å²) in [5.74, 6) is 0.955. The summed E-state index contributed by atoms with van der Waals surface area (Å²) in [5.41, 5.74) is 1.71. The second-order valence-corrected chi connectivity index (χ2v) is 8.36. The number of anilines is 2. The van der Waals surface area contributed by atoms with Crippen LogP contribution in [0.5, 0.6) is 17.2 Å². The van der Waals surface area contributed by atoms with Gasteiger partial charge in [-0.25, -0.2) is 9.69 Å². The minimum absolute atomic E-state index is 0.128. The number of carbonyl (C=O) groups is 3. The number of carbonyl (C=O) groups excluding carboxylic acids is 3. The van der Waals surface area contributed by atoms with E-state index in [0.29, 0.717) is 35.2 Å². The maximum absolute atomic E-state index is 13.5. The van der Waals surface area contributed by atoms with E-state index in [1.807, 2.05) is 19.1 Å². The van der Waals surface area contributed by atoms with Gasteiger partial charge in [-0.2, -0.15) is 0 Å². The van der Waals surface area contributed by atoms with Crippen molar-refractivity contribution in [2.45, 2.75) is 25.9 Å². The molecule has 3 aromatic rings. The van der Waals surface area contributed by atoms with Crippen LogP contribution < -0.4 is 24.4 Å². The highest BCUT2D eigenvalue weighted by Crippen LogP contribution is 2.31. The van der Waals surface area contributed by atoms with Gasteiger partial charge in [-0.15, -0.1) is 0 Å². The Kier molecular flexibility index (Phi) is 7.92. The Bertz CT molecular complexity index is 1280. The topological polar surface area (TPSA) is 97.4 Å². The number of ether oxygens (including phenoxy) is 3. The van der Waals surface area contributed by atoms with Gasteiger partial charge in [0.1, 0.15) is 23.3 Å². The number of hydrogen-bond acceptors (Lipinski definition) is 6. The molecule has 0 bridgehead atoms. The van der Waals surface area contributed by atoms with Crippen molar-refractivity contribution in [1.29, 1.82) is 0 Å². The van der Waals surface area contributed by atoms with Crippen LogP contribution in [0.4, 0.5) is 16.2 Å². The molecule has 1 aliphatic rings. The molecule has 4 amide bonds. The van der Waals surface area contributed by atoms with E-state index in [1.165, 1.54) is 12.0 Å². The Morgan fingerprint density at radius 2 is 1.57 bits per heavy atom. The molecule has 1 saturated heterocycles. The van der Waals surface area contributed by atoms with Gasteiger partial charge < -0.3 is 24.4 Å². The zero-order valence-corrected chi connectivity index (χ0v) is 21.0. The molecule has 192 valence electrons. The van der Waals surface area contributed by atoms with Crippen molar-refractivity contribution in [2.24, 2.45) is 0 Å². The third-order valence-electron chi connectivity index (χ3n) is 5.95. The molecule has 37 heavy (non-hydrogen) atoms. The highest BCUT2D eigenvalue weighted by atomic mass is 16.5. The van der Waals surface area contributed by atoms with Crippen molar-refractivity contribution in [3.8, 4) is 17.2 Å². The van der Waals surface area contributed by atoms with Gasteiger partial charge in [0.15, 0.2) is 0 Å². The van der Waals surface area contributed by atoms with E-state index in [1.54, 1.807) is 67.8 Å². The second kappa shape index (κ2) is 11.5. The molecule has 4 rings (SSSR count). The number of amides is 4. The quantitative estimate of drug-likeness (QED) is 0.410. The van der Waals surface area contributed by atoms with Gasteiger partial charge in [0.25, 0.3) is 5.91 Å². The number of nitrogens with zero attached hydrogens (tertiary/aromatic N) is 2. The molecule has 1 atom stereocenters. The van der Waals surface area contributed by atoms with Gasteiger partial charge in [-0.3, -0.25) is 9.59 Å². The smallest absolute Gasteiger partial charge is 0.332 e. The average Bonchev–Trinajstić information content (AvgIpc) is 3.13. The Balaban J connectivity index is 1.59. The van der Waals surface area contributed by atoms with Gasteiger partial charge in [-0.1, -0.05) is 18.2 Å². The summed E-state index contributed by atoms with van der Waals surface area (Å²) in [6.07, 6.45) is -0.206. The first-order valence-corrected chi connectivity index (χ1v) is 11.9. The molecule has 9 heteroatoms. The number of benzene rings is 3. The van der Waals surface area contributed by atoms with Crippen molar-refractivity contribution in [1.82, 2.24) is 4.90 Å². The van der Waals surface area contributed by atoms with Crippen LogP contribution in [-0.2, 0) is 16.1 Å². The predicted octanol–water partition coefficient (Wildman–Crippen LogP) is 4.47. The summed E-state index contributed by atoms with van der Waals surface area (Å²) in [4.78, 5) is 42.6. The first kappa shape index (κ1) is 25.6. The molecule has 9 nitrogen and oxygen atoms in total. The van der Waals surface area contributed by atoms with E-state index in [9.17, 15) is 14.4 Å². The number of imide groups is 1. The van der Waals surface area contributed by atoms with Crippen molar-refractivity contribution >= 4 is 29.2 Å². The summed E-state index contributed by atoms with van der Waals surface area (Å²) in [7, 11) is 3.07. The van der Waals surface area contributed by atoms with Crippen LogP contribution in [0.3, 0.4) is 0 Å². The van der Waals surface area contributed by atoms with Crippen LogP contribution >= 0.6 is 0 Å². The van der Waals surface area contributed by atoms with Crippen LogP contribution in [-0.4, -0.2) is 49.6 Å². The van der Waals surface area contributed by atoms with Crippen LogP contribution in [0.25, 0.3) is 0 Å². The van der Waals surface area contributed by atoms with Gasteiger partial charge in [0, 0.05) is 18.3 Å². The minimum Gasteiger partial charge on any atom is -0.497 e. The Morgan fingerprint density at radius 1 is 0.892 bits per heavy atom. The lowest BCUT2D eigenvalue weighted by Gasteiger charge is -2.22. The Hall–Kier alpha value is -4.53. The molecular weight excluding hydrogens is 474 g/mol. The lowest BCUT2D eigenvalue weighted by Crippen LogP contribution is -2.37. The standard InChI is InChI=1S/C28H29N3O6/c1-4-37-22-13-11-20(12-14-22)29-26(32)17-25-27(33)31(21-8-6-10-24(16-21)36-3)28(34)30(25)18-19-7-5-9-23(15-19)35-2/h5-16,25H,4,17-18H2,1-3H3,(H,29,32)/t25-/m1/s1. The van der Waals surface area contributed by atoms with E-state index >= 15 is 0 Å². The zero-order chi connectivity index (χ0) is 26.4. The number of hydrogen-bond donors (Lipinski definition) is 1. The van der Waals surface area contributed by atoms with Crippen molar-refractivity contribution in [3.63, 3.8) is 0 Å². The third kappa shape index (κ3) is 5.83. The van der Waals surface area contributed by atoms with Crippen LogP contribution in [0, 0.1) is 0 Å². The fourth-order valence-electron chi connectivity index (χ4n) is 4.16. The van der Waals surface area contributed by atoms with E-state index in [2.05, 4.69) is 5.32 Å². The number of rotatable bonds is 10. The van der Waals surface area contributed by atoms with Gasteiger partial charge >= 0.3 is 6.03 Å². The maximum atomic E-state index is 13.5. The van der Waals surface area contributed by atoms with Gasteiger partial charge in [0.2, 0.25) is 5.91 Å². The largest absolute Gasteiger partial charge is 0.497 e. The van der Waals surface area contributed by atoms with Gasteiger partial charge in [-0.05, 0) is 61.0 Å². The molecule has 0 unspecified atom stereocenters. The molecule has 1 fully saturated rings. The molecule has 1 aliphatic heterocycles. The molecule has 1 heterocycles. The maximum Gasteiger partial charge on any atom is 0.332 e. The molecule has 0 aromatic heterocycles. The van der Waals surface area contributed by atoms with Crippen LogP contribution in [0.15, 0.2) is 72.8 Å². The molecule has 1 N–H and O–H groups in total. The van der Waals surface area contributed by atoms with Crippen molar-refractivity contribution in [3.05, 3.63) is 78.4 Å². The summed E-state index contributed by atoms with van der Waals surface area (Å²) in [6.45, 7) is 2.56. The summed E-state index contributed by atoms with van der Waals surface area (Å²) < 4.78 is 16.0. The van der Waals surface area contributed by atoms with E-state index in [4.69, 9.17) is 14.2 Å². The predicted molar refractivity (Wildman–Crippen MR) is 139 cm³/mol. The summed E-state index contributed by atoms with van der Waals surface area (Å²) in [6, 6.07) is 19.4.